The molecule has 3 nitrogen and oxygen atoms in total. The lowest BCUT2D eigenvalue weighted by atomic mass is 9.92. The van der Waals surface area contributed by atoms with Crippen molar-refractivity contribution in [2.45, 2.75) is 27.4 Å². The number of rotatable bonds is 8. The van der Waals surface area contributed by atoms with Gasteiger partial charge in [-0.15, -0.1) is 0 Å². The molecule has 0 aliphatic carbocycles. The fourth-order valence-corrected chi connectivity index (χ4v) is 3.17. The highest BCUT2D eigenvalue weighted by atomic mass is 16.5. The van der Waals surface area contributed by atoms with E-state index in [0.29, 0.717) is 0 Å². The molecule has 0 amide bonds. The van der Waals surface area contributed by atoms with Gasteiger partial charge in [-0.2, -0.15) is 0 Å². The average molecular weight is 401 g/mol. The Morgan fingerprint density at radius 2 is 1.50 bits per heavy atom. The molecular weight excluding hydrogens is 372 g/mol. The molecule has 1 atom stereocenters. The molecule has 0 saturated carbocycles. The first kappa shape index (κ1) is 21.4. The lowest BCUT2D eigenvalue weighted by molar-refractivity contribution is -0.149. The van der Waals surface area contributed by atoms with Crippen LogP contribution in [0.2, 0.25) is 0 Å². The number of para-hydroxylation sites is 1. The molecule has 0 aliphatic rings. The minimum absolute atomic E-state index is 0.143. The van der Waals surface area contributed by atoms with E-state index < -0.39 is 0 Å². The molecule has 154 valence electrons. The lowest BCUT2D eigenvalue weighted by Gasteiger charge is -2.17. The van der Waals surface area contributed by atoms with Crippen LogP contribution in [-0.4, -0.2) is 5.97 Å². The maximum Gasteiger partial charge on any atom is 0.313 e. The Labute approximate surface area is 179 Å². The molecule has 0 spiro atoms. The summed E-state index contributed by atoms with van der Waals surface area (Å²) in [6, 6.07) is 27.3. The van der Waals surface area contributed by atoms with Crippen LogP contribution in [0, 0.1) is 11.8 Å². The SMILES string of the molecule is C/C(=C/C(C(=O)OCc1cccc(Oc2ccccc2)c1)C(C)C)c1ccccc1. The summed E-state index contributed by atoms with van der Waals surface area (Å²) in [6.07, 6.45) is 2.01. The highest BCUT2D eigenvalue weighted by Gasteiger charge is 2.22. The van der Waals surface area contributed by atoms with E-state index in [-0.39, 0.29) is 24.4 Å². The molecule has 3 rings (SSSR count). The number of benzene rings is 3. The average Bonchev–Trinajstić information content (AvgIpc) is 2.77. The zero-order valence-electron chi connectivity index (χ0n) is 17.7. The van der Waals surface area contributed by atoms with Crippen LogP contribution in [0.4, 0.5) is 0 Å². The molecule has 0 aliphatic heterocycles. The number of carbonyl (C=O) groups is 1. The van der Waals surface area contributed by atoms with Gasteiger partial charge >= 0.3 is 5.97 Å². The first-order valence-corrected chi connectivity index (χ1v) is 10.3. The van der Waals surface area contributed by atoms with Gasteiger partial charge < -0.3 is 9.47 Å². The Hall–Kier alpha value is -3.33. The Morgan fingerprint density at radius 1 is 0.867 bits per heavy atom. The van der Waals surface area contributed by atoms with Crippen molar-refractivity contribution in [3.05, 3.63) is 102 Å². The predicted octanol–water partition coefficient (Wildman–Crippen LogP) is 6.90. The van der Waals surface area contributed by atoms with Crippen molar-refractivity contribution in [1.82, 2.24) is 0 Å². The van der Waals surface area contributed by atoms with Crippen molar-refractivity contribution < 1.29 is 14.3 Å². The van der Waals surface area contributed by atoms with Crippen molar-refractivity contribution in [2.75, 3.05) is 0 Å². The number of hydrogen-bond acceptors (Lipinski definition) is 3. The van der Waals surface area contributed by atoms with E-state index in [0.717, 1.165) is 28.2 Å². The van der Waals surface area contributed by atoms with Crippen LogP contribution in [0.3, 0.4) is 0 Å². The zero-order chi connectivity index (χ0) is 21.3. The topological polar surface area (TPSA) is 35.5 Å². The standard InChI is InChI=1S/C27H28O3/c1-20(2)26(17-21(3)23-12-6-4-7-13-23)27(28)29-19-22-11-10-16-25(18-22)30-24-14-8-5-9-15-24/h4-18,20,26H,19H2,1-3H3/b21-17-. The summed E-state index contributed by atoms with van der Waals surface area (Å²) >= 11 is 0. The van der Waals surface area contributed by atoms with E-state index in [1.807, 2.05) is 112 Å². The highest BCUT2D eigenvalue weighted by molar-refractivity contribution is 5.78. The van der Waals surface area contributed by atoms with Crippen LogP contribution < -0.4 is 4.74 Å². The zero-order valence-corrected chi connectivity index (χ0v) is 17.7. The molecule has 3 aromatic carbocycles. The summed E-state index contributed by atoms with van der Waals surface area (Å²) in [6.45, 7) is 6.32. The molecular formula is C27H28O3. The summed E-state index contributed by atoms with van der Waals surface area (Å²) in [7, 11) is 0. The summed E-state index contributed by atoms with van der Waals surface area (Å²) in [5.41, 5.74) is 3.08. The van der Waals surface area contributed by atoms with Gasteiger partial charge in [-0.3, -0.25) is 4.79 Å². The van der Waals surface area contributed by atoms with E-state index in [1.165, 1.54) is 0 Å². The maximum atomic E-state index is 12.8. The number of hydrogen-bond donors (Lipinski definition) is 0. The molecule has 0 bridgehead atoms. The number of allylic oxidation sites excluding steroid dienone is 1. The first-order chi connectivity index (χ1) is 14.5. The van der Waals surface area contributed by atoms with Crippen LogP contribution in [-0.2, 0) is 16.1 Å². The van der Waals surface area contributed by atoms with Gasteiger partial charge in [0.25, 0.3) is 0 Å². The second kappa shape index (κ2) is 10.4. The van der Waals surface area contributed by atoms with Gasteiger partial charge in [-0.1, -0.05) is 80.6 Å². The van der Waals surface area contributed by atoms with Gasteiger partial charge in [-0.25, -0.2) is 0 Å². The molecule has 3 heteroatoms. The van der Waals surface area contributed by atoms with Crippen LogP contribution in [0.5, 0.6) is 11.5 Å². The van der Waals surface area contributed by atoms with Gasteiger partial charge in [0.05, 0.1) is 5.92 Å². The van der Waals surface area contributed by atoms with Crippen LogP contribution in [0.15, 0.2) is 91.0 Å². The van der Waals surface area contributed by atoms with Crippen LogP contribution in [0.25, 0.3) is 5.57 Å². The van der Waals surface area contributed by atoms with E-state index >= 15 is 0 Å². The summed E-state index contributed by atoms with van der Waals surface area (Å²) in [5.74, 6) is 1.12. The number of esters is 1. The third-order valence-electron chi connectivity index (χ3n) is 4.91. The van der Waals surface area contributed by atoms with Gasteiger partial charge in [0.15, 0.2) is 0 Å². The lowest BCUT2D eigenvalue weighted by Crippen LogP contribution is -2.21. The van der Waals surface area contributed by atoms with Gasteiger partial charge in [0.2, 0.25) is 0 Å². The monoisotopic (exact) mass is 400 g/mol. The second-order valence-corrected chi connectivity index (χ2v) is 7.66. The highest BCUT2D eigenvalue weighted by Crippen LogP contribution is 2.24. The largest absolute Gasteiger partial charge is 0.460 e. The van der Waals surface area contributed by atoms with Crippen LogP contribution >= 0.6 is 0 Å². The first-order valence-electron chi connectivity index (χ1n) is 10.3. The third kappa shape index (κ3) is 6.08. The van der Waals surface area contributed by atoms with Gasteiger partial charge in [0, 0.05) is 0 Å². The van der Waals surface area contributed by atoms with E-state index in [1.54, 1.807) is 0 Å². The minimum atomic E-state index is -0.297. The normalized spacial score (nSPS) is 12.5. The van der Waals surface area contributed by atoms with Crippen molar-refractivity contribution in [1.29, 1.82) is 0 Å². The van der Waals surface area contributed by atoms with Crippen molar-refractivity contribution >= 4 is 11.5 Å². The Morgan fingerprint density at radius 3 is 2.17 bits per heavy atom. The third-order valence-corrected chi connectivity index (χ3v) is 4.91. The van der Waals surface area contributed by atoms with Gasteiger partial charge in [-0.05, 0) is 53.8 Å². The summed E-state index contributed by atoms with van der Waals surface area (Å²) in [4.78, 5) is 12.8. The minimum Gasteiger partial charge on any atom is -0.460 e. The van der Waals surface area contributed by atoms with E-state index in [4.69, 9.17) is 9.47 Å². The molecule has 0 aromatic heterocycles. The molecule has 0 saturated heterocycles. The molecule has 0 N–H and O–H groups in total. The van der Waals surface area contributed by atoms with Crippen molar-refractivity contribution in [2.24, 2.45) is 11.8 Å². The van der Waals surface area contributed by atoms with Gasteiger partial charge in [0.1, 0.15) is 18.1 Å². The van der Waals surface area contributed by atoms with E-state index in [9.17, 15) is 4.79 Å². The van der Waals surface area contributed by atoms with Crippen molar-refractivity contribution in [3.63, 3.8) is 0 Å². The molecule has 0 fully saturated rings. The Balaban J connectivity index is 1.65. The molecule has 1 unspecified atom stereocenters. The fourth-order valence-electron chi connectivity index (χ4n) is 3.17. The van der Waals surface area contributed by atoms with E-state index in [2.05, 4.69) is 0 Å². The number of ether oxygens (including phenoxy) is 2. The predicted molar refractivity (Wildman–Crippen MR) is 121 cm³/mol. The number of carbonyl (C=O) groups excluding carboxylic acids is 1. The van der Waals surface area contributed by atoms with Crippen molar-refractivity contribution in [3.8, 4) is 11.5 Å². The second-order valence-electron chi connectivity index (χ2n) is 7.66. The molecule has 30 heavy (non-hydrogen) atoms. The Kier molecular flexibility index (Phi) is 7.45. The molecule has 0 heterocycles. The van der Waals surface area contributed by atoms with Crippen LogP contribution in [0.1, 0.15) is 31.9 Å². The maximum absolute atomic E-state index is 12.8. The molecule has 3 aromatic rings. The smallest absolute Gasteiger partial charge is 0.313 e. The summed E-state index contributed by atoms with van der Waals surface area (Å²) in [5, 5.41) is 0. The Bertz CT molecular complexity index is 975. The fraction of sp³-hybridized carbons (Fsp3) is 0.222. The quantitative estimate of drug-likeness (QED) is 0.386. The molecule has 0 radical (unpaired) electrons. The summed E-state index contributed by atoms with van der Waals surface area (Å²) < 4.78 is 11.5.